The monoisotopic (exact) mass is 352 g/mol. The van der Waals surface area contributed by atoms with Gasteiger partial charge in [0.05, 0.1) is 0 Å². The molecule has 3 aromatic carbocycles. The number of hydrogen-bond acceptors (Lipinski definition) is 0. The second kappa shape index (κ2) is 7.57. The van der Waals surface area contributed by atoms with Gasteiger partial charge in [-0.05, 0) is 22.9 Å². The highest BCUT2D eigenvalue weighted by atomic mass is 35.5. The van der Waals surface area contributed by atoms with E-state index in [0.29, 0.717) is 0 Å². The van der Waals surface area contributed by atoms with Crippen LogP contribution in [0.4, 0.5) is 0 Å². The molecule has 4 rings (SSSR count). The number of nitrogens with one attached hydrogen (secondary N) is 2. The Bertz CT molecular complexity index is 831. The number of piperazine rings is 1. The van der Waals surface area contributed by atoms with Crippen molar-refractivity contribution in [3.8, 4) is 0 Å². The maximum Gasteiger partial charge on any atom is 0.127 e. The van der Waals surface area contributed by atoms with E-state index >= 15 is 0 Å². The molecule has 2 N–H and O–H groups in total. The molecule has 3 aromatic rings. The van der Waals surface area contributed by atoms with Crippen LogP contribution < -0.4 is 9.80 Å². The van der Waals surface area contributed by atoms with Gasteiger partial charge >= 0.3 is 0 Å². The fourth-order valence-corrected chi connectivity index (χ4v) is 4.04. The lowest BCUT2D eigenvalue weighted by Crippen LogP contribution is -3.27. The average Bonchev–Trinajstić information content (AvgIpc) is 2.65. The Balaban J connectivity index is 1.36. The maximum absolute atomic E-state index is 5.98. The van der Waals surface area contributed by atoms with Crippen LogP contribution in [0.3, 0.4) is 0 Å². The van der Waals surface area contributed by atoms with E-state index in [1.54, 1.807) is 9.80 Å². The van der Waals surface area contributed by atoms with Crippen molar-refractivity contribution in [1.82, 2.24) is 0 Å². The van der Waals surface area contributed by atoms with Crippen LogP contribution in [0.1, 0.15) is 11.1 Å². The predicted molar refractivity (Wildman–Crippen MR) is 104 cm³/mol. The average molecular weight is 353 g/mol. The summed E-state index contributed by atoms with van der Waals surface area (Å²) in [7, 11) is 0. The van der Waals surface area contributed by atoms with E-state index in [4.69, 9.17) is 11.6 Å². The zero-order chi connectivity index (χ0) is 17.1. The zero-order valence-corrected chi connectivity index (χ0v) is 15.2. The summed E-state index contributed by atoms with van der Waals surface area (Å²) in [6, 6.07) is 23.7. The second-order valence-corrected chi connectivity index (χ2v) is 7.55. The van der Waals surface area contributed by atoms with Crippen LogP contribution in [0.2, 0.25) is 5.02 Å². The number of quaternary nitrogens is 2. The highest BCUT2D eigenvalue weighted by Gasteiger charge is 2.23. The second-order valence-electron chi connectivity index (χ2n) is 7.12. The quantitative estimate of drug-likeness (QED) is 0.710. The number of benzene rings is 3. The van der Waals surface area contributed by atoms with E-state index in [2.05, 4.69) is 54.6 Å². The van der Waals surface area contributed by atoms with Gasteiger partial charge in [-0.25, -0.2) is 0 Å². The maximum atomic E-state index is 5.98. The van der Waals surface area contributed by atoms with Gasteiger partial charge in [-0.3, -0.25) is 0 Å². The number of fused-ring (bicyclic) bond motifs is 1. The molecule has 128 valence electrons. The van der Waals surface area contributed by atoms with E-state index in [9.17, 15) is 0 Å². The molecular formula is C22H25ClN2+2. The molecule has 25 heavy (non-hydrogen) atoms. The Labute approximate surface area is 154 Å². The van der Waals surface area contributed by atoms with Crippen molar-refractivity contribution in [2.45, 2.75) is 13.1 Å². The van der Waals surface area contributed by atoms with Crippen molar-refractivity contribution >= 4 is 22.4 Å². The Morgan fingerprint density at radius 2 is 1.32 bits per heavy atom. The standard InChI is InChI=1S/C22H23ClN2/c23-21-10-8-18(9-11-21)16-24-12-14-25(15-13-24)17-20-6-3-5-19-4-1-2-7-22(19)20/h1-11H,12-17H2/p+2. The third kappa shape index (κ3) is 4.04. The van der Waals surface area contributed by atoms with Gasteiger partial charge in [0, 0.05) is 16.1 Å². The molecule has 1 heterocycles. The van der Waals surface area contributed by atoms with Gasteiger partial charge in [0.25, 0.3) is 0 Å². The molecule has 0 amide bonds. The van der Waals surface area contributed by atoms with Crippen LogP contribution >= 0.6 is 11.6 Å². The molecule has 0 spiro atoms. The third-order valence-electron chi connectivity index (χ3n) is 5.35. The minimum Gasteiger partial charge on any atom is -0.322 e. The van der Waals surface area contributed by atoms with Crippen LogP contribution in [0, 0.1) is 0 Å². The van der Waals surface area contributed by atoms with Crippen molar-refractivity contribution in [3.63, 3.8) is 0 Å². The SMILES string of the molecule is Clc1ccc(C[NH+]2CC[NH+](Cc3cccc4ccccc34)CC2)cc1. The minimum atomic E-state index is 0.822. The summed E-state index contributed by atoms with van der Waals surface area (Å²) in [5.74, 6) is 0. The molecule has 0 aromatic heterocycles. The summed E-state index contributed by atoms with van der Waals surface area (Å²) >= 11 is 5.98. The van der Waals surface area contributed by atoms with Crippen molar-refractivity contribution in [2.75, 3.05) is 26.2 Å². The molecular weight excluding hydrogens is 328 g/mol. The smallest absolute Gasteiger partial charge is 0.127 e. The Kier molecular flexibility index (Phi) is 5.02. The van der Waals surface area contributed by atoms with Crippen LogP contribution in [-0.4, -0.2) is 26.2 Å². The summed E-state index contributed by atoms with van der Waals surface area (Å²) < 4.78 is 0. The first kappa shape index (κ1) is 16.6. The molecule has 1 aliphatic rings. The summed E-state index contributed by atoms with van der Waals surface area (Å²) in [4.78, 5) is 3.39. The van der Waals surface area contributed by atoms with Gasteiger partial charge in [-0.1, -0.05) is 66.2 Å². The summed E-state index contributed by atoms with van der Waals surface area (Å²) in [5.41, 5.74) is 2.87. The first-order valence-electron chi connectivity index (χ1n) is 9.16. The molecule has 1 fully saturated rings. The molecule has 2 nitrogen and oxygen atoms in total. The van der Waals surface area contributed by atoms with Crippen LogP contribution in [0.5, 0.6) is 0 Å². The van der Waals surface area contributed by atoms with E-state index in [0.717, 1.165) is 18.1 Å². The summed E-state index contributed by atoms with van der Waals surface area (Å²) in [6.45, 7) is 7.21. The molecule has 0 saturated carbocycles. The normalized spacial score (nSPS) is 20.7. The molecule has 0 unspecified atom stereocenters. The predicted octanol–water partition coefficient (Wildman–Crippen LogP) is 1.98. The van der Waals surface area contributed by atoms with Crippen LogP contribution in [-0.2, 0) is 13.1 Å². The van der Waals surface area contributed by atoms with Crippen molar-refractivity contribution < 1.29 is 9.80 Å². The first-order chi connectivity index (χ1) is 12.3. The van der Waals surface area contributed by atoms with Crippen molar-refractivity contribution in [1.29, 1.82) is 0 Å². The van der Waals surface area contributed by atoms with E-state index in [1.807, 2.05) is 12.1 Å². The molecule has 1 saturated heterocycles. The third-order valence-corrected chi connectivity index (χ3v) is 5.60. The molecule has 0 atom stereocenters. The van der Waals surface area contributed by atoms with Gasteiger partial charge < -0.3 is 9.80 Å². The Morgan fingerprint density at radius 1 is 0.680 bits per heavy atom. The van der Waals surface area contributed by atoms with Crippen molar-refractivity contribution in [2.24, 2.45) is 0 Å². The molecule has 0 radical (unpaired) electrons. The molecule has 0 aliphatic carbocycles. The van der Waals surface area contributed by atoms with Gasteiger partial charge in [0.1, 0.15) is 39.3 Å². The lowest BCUT2D eigenvalue weighted by molar-refractivity contribution is -1.02. The summed E-state index contributed by atoms with van der Waals surface area (Å²) in [6.07, 6.45) is 0. The molecule has 1 aliphatic heterocycles. The first-order valence-corrected chi connectivity index (χ1v) is 9.54. The summed E-state index contributed by atoms with van der Waals surface area (Å²) in [5, 5.41) is 3.59. The fourth-order valence-electron chi connectivity index (χ4n) is 3.92. The van der Waals surface area contributed by atoms with Gasteiger partial charge in [-0.15, -0.1) is 0 Å². The Hall–Kier alpha value is -1.87. The minimum absolute atomic E-state index is 0.822. The number of hydrogen-bond donors (Lipinski definition) is 2. The van der Waals surface area contributed by atoms with Gasteiger partial charge in [-0.2, -0.15) is 0 Å². The molecule has 0 bridgehead atoms. The van der Waals surface area contributed by atoms with E-state index < -0.39 is 0 Å². The number of rotatable bonds is 4. The largest absolute Gasteiger partial charge is 0.322 e. The molecule has 3 heteroatoms. The van der Waals surface area contributed by atoms with E-state index in [1.165, 1.54) is 48.1 Å². The highest BCUT2D eigenvalue weighted by molar-refractivity contribution is 6.30. The zero-order valence-electron chi connectivity index (χ0n) is 14.5. The lowest BCUT2D eigenvalue weighted by atomic mass is 10.0. The highest BCUT2D eigenvalue weighted by Crippen LogP contribution is 2.17. The topological polar surface area (TPSA) is 8.88 Å². The van der Waals surface area contributed by atoms with Crippen molar-refractivity contribution in [3.05, 3.63) is 82.9 Å². The fraction of sp³-hybridized carbons (Fsp3) is 0.273. The Morgan fingerprint density at radius 3 is 2.08 bits per heavy atom. The number of halogens is 1. The lowest BCUT2D eigenvalue weighted by Gasteiger charge is -2.30. The van der Waals surface area contributed by atoms with Gasteiger partial charge in [0.2, 0.25) is 0 Å². The van der Waals surface area contributed by atoms with Crippen LogP contribution in [0.25, 0.3) is 10.8 Å². The van der Waals surface area contributed by atoms with Gasteiger partial charge in [0.15, 0.2) is 0 Å². The van der Waals surface area contributed by atoms with E-state index in [-0.39, 0.29) is 0 Å². The van der Waals surface area contributed by atoms with Crippen LogP contribution in [0.15, 0.2) is 66.7 Å².